The van der Waals surface area contributed by atoms with Crippen molar-refractivity contribution >= 4 is 11.0 Å². The van der Waals surface area contributed by atoms with Crippen LogP contribution in [-0.4, -0.2) is 32.5 Å². The highest BCUT2D eigenvalue weighted by molar-refractivity contribution is 5.74. The Morgan fingerprint density at radius 3 is 2.74 bits per heavy atom. The molecule has 0 radical (unpaired) electrons. The molecule has 0 spiro atoms. The van der Waals surface area contributed by atoms with E-state index in [1.165, 1.54) is 37.0 Å². The van der Waals surface area contributed by atoms with Gasteiger partial charge in [-0.05, 0) is 55.6 Å². The number of aromatic nitrogens is 3. The van der Waals surface area contributed by atoms with Crippen molar-refractivity contribution in [1.29, 1.82) is 0 Å². The van der Waals surface area contributed by atoms with Crippen molar-refractivity contribution in [2.24, 2.45) is 5.92 Å². The van der Waals surface area contributed by atoms with Crippen molar-refractivity contribution in [2.75, 3.05) is 13.1 Å². The minimum absolute atomic E-state index is 0.748. The molecule has 4 rings (SSSR count). The molecule has 118 valence electrons. The molecule has 0 saturated carbocycles. The van der Waals surface area contributed by atoms with Crippen molar-refractivity contribution in [1.82, 2.24) is 19.4 Å². The monoisotopic (exact) mass is 306 g/mol. The summed E-state index contributed by atoms with van der Waals surface area (Å²) in [7, 11) is 0. The van der Waals surface area contributed by atoms with Crippen LogP contribution >= 0.6 is 0 Å². The van der Waals surface area contributed by atoms with Gasteiger partial charge in [0.05, 0.1) is 17.4 Å². The lowest BCUT2D eigenvalue weighted by Gasteiger charge is -2.32. The maximum atomic E-state index is 4.50. The molecule has 4 heteroatoms. The zero-order chi connectivity index (χ0) is 15.5. The smallest absolute Gasteiger partial charge is 0.0958 e. The SMILES string of the molecule is c1cncc(CN2CCC(Cn3cnc4ccccc43)CC2)c1. The van der Waals surface area contributed by atoms with E-state index in [1.54, 1.807) is 0 Å². The van der Waals surface area contributed by atoms with Crippen LogP contribution in [0.2, 0.25) is 0 Å². The average molecular weight is 306 g/mol. The van der Waals surface area contributed by atoms with Crippen LogP contribution in [0.3, 0.4) is 0 Å². The van der Waals surface area contributed by atoms with Gasteiger partial charge in [0.15, 0.2) is 0 Å². The highest BCUT2D eigenvalue weighted by Crippen LogP contribution is 2.22. The molecule has 3 aromatic rings. The topological polar surface area (TPSA) is 34.0 Å². The highest BCUT2D eigenvalue weighted by atomic mass is 15.1. The van der Waals surface area contributed by atoms with Crippen LogP contribution in [0.4, 0.5) is 0 Å². The molecule has 0 amide bonds. The lowest BCUT2D eigenvalue weighted by Crippen LogP contribution is -2.34. The van der Waals surface area contributed by atoms with Crippen molar-refractivity contribution < 1.29 is 0 Å². The van der Waals surface area contributed by atoms with Gasteiger partial charge in [-0.3, -0.25) is 9.88 Å². The molecule has 0 atom stereocenters. The summed E-state index contributed by atoms with van der Waals surface area (Å²) in [6.07, 6.45) is 8.32. The highest BCUT2D eigenvalue weighted by Gasteiger charge is 2.20. The third-order valence-electron chi connectivity index (χ3n) is 4.82. The third-order valence-corrected chi connectivity index (χ3v) is 4.82. The van der Waals surface area contributed by atoms with Crippen molar-refractivity contribution in [3.8, 4) is 0 Å². The molecule has 1 aliphatic heterocycles. The van der Waals surface area contributed by atoms with Crippen LogP contribution in [0.5, 0.6) is 0 Å². The number of para-hydroxylation sites is 2. The second-order valence-corrected chi connectivity index (χ2v) is 6.47. The molecule has 1 saturated heterocycles. The number of pyridine rings is 1. The first-order valence-electron chi connectivity index (χ1n) is 8.39. The minimum Gasteiger partial charge on any atom is -0.330 e. The number of hydrogen-bond donors (Lipinski definition) is 0. The van der Waals surface area contributed by atoms with Gasteiger partial charge in [-0.15, -0.1) is 0 Å². The first-order chi connectivity index (χ1) is 11.4. The Hall–Kier alpha value is -2.20. The molecule has 0 N–H and O–H groups in total. The number of benzene rings is 1. The number of nitrogens with zero attached hydrogens (tertiary/aromatic N) is 4. The number of rotatable bonds is 4. The Kier molecular flexibility index (Phi) is 4.07. The van der Waals surface area contributed by atoms with Gasteiger partial charge in [0.2, 0.25) is 0 Å². The first-order valence-corrected chi connectivity index (χ1v) is 8.39. The molecule has 1 aromatic carbocycles. The molecule has 2 aromatic heterocycles. The number of hydrogen-bond acceptors (Lipinski definition) is 3. The molecule has 4 nitrogen and oxygen atoms in total. The van der Waals surface area contributed by atoms with Crippen LogP contribution in [0.1, 0.15) is 18.4 Å². The van der Waals surface area contributed by atoms with Crippen LogP contribution in [0.25, 0.3) is 11.0 Å². The summed E-state index contributed by atoms with van der Waals surface area (Å²) in [5.74, 6) is 0.748. The van der Waals surface area contributed by atoms with Gasteiger partial charge in [0.1, 0.15) is 0 Å². The molecule has 23 heavy (non-hydrogen) atoms. The fourth-order valence-corrected chi connectivity index (χ4v) is 3.51. The van der Waals surface area contributed by atoms with E-state index < -0.39 is 0 Å². The Labute approximate surface area is 136 Å². The Morgan fingerprint density at radius 1 is 1.04 bits per heavy atom. The minimum atomic E-state index is 0.748. The first kappa shape index (κ1) is 14.4. The second kappa shape index (κ2) is 6.50. The van der Waals surface area contributed by atoms with Gasteiger partial charge < -0.3 is 4.57 Å². The van der Waals surface area contributed by atoms with Gasteiger partial charge in [0.25, 0.3) is 0 Å². The maximum Gasteiger partial charge on any atom is 0.0958 e. The van der Waals surface area contributed by atoms with E-state index in [-0.39, 0.29) is 0 Å². The molecule has 1 aliphatic rings. The molecule has 0 unspecified atom stereocenters. The van der Waals surface area contributed by atoms with Gasteiger partial charge >= 0.3 is 0 Å². The molecule has 0 aliphatic carbocycles. The van der Waals surface area contributed by atoms with Crippen LogP contribution in [0, 0.1) is 5.92 Å². The Bertz CT molecular complexity index is 757. The summed E-state index contributed by atoms with van der Waals surface area (Å²) in [4.78, 5) is 11.2. The number of likely N-dealkylation sites (tertiary alicyclic amines) is 1. The second-order valence-electron chi connectivity index (χ2n) is 6.47. The number of imidazole rings is 1. The normalized spacial score (nSPS) is 16.9. The lowest BCUT2D eigenvalue weighted by molar-refractivity contribution is 0.167. The van der Waals surface area contributed by atoms with E-state index in [0.29, 0.717) is 0 Å². The van der Waals surface area contributed by atoms with Gasteiger partial charge in [-0.25, -0.2) is 4.98 Å². The zero-order valence-corrected chi connectivity index (χ0v) is 13.3. The molecule has 0 bridgehead atoms. The fraction of sp³-hybridized carbons (Fsp3) is 0.368. The van der Waals surface area contributed by atoms with E-state index >= 15 is 0 Å². The molecule has 1 fully saturated rings. The standard InChI is InChI=1S/C19H22N4/c1-2-6-19-18(5-1)21-15-23(19)14-16-7-10-22(11-8-16)13-17-4-3-9-20-12-17/h1-6,9,12,15-16H,7-8,10-11,13-14H2. The summed E-state index contributed by atoms with van der Waals surface area (Å²) in [5.41, 5.74) is 3.67. The van der Waals surface area contributed by atoms with Crippen molar-refractivity contribution in [3.05, 3.63) is 60.7 Å². The van der Waals surface area contributed by atoms with Gasteiger partial charge in [0, 0.05) is 25.5 Å². The van der Waals surface area contributed by atoms with E-state index in [9.17, 15) is 0 Å². The summed E-state index contributed by atoms with van der Waals surface area (Å²) in [6.45, 7) is 4.45. The summed E-state index contributed by atoms with van der Waals surface area (Å²) in [5, 5.41) is 0. The van der Waals surface area contributed by atoms with E-state index in [0.717, 1.165) is 24.5 Å². The van der Waals surface area contributed by atoms with E-state index in [2.05, 4.69) is 49.8 Å². The van der Waals surface area contributed by atoms with E-state index in [1.807, 2.05) is 24.8 Å². The quantitative estimate of drug-likeness (QED) is 0.741. The zero-order valence-electron chi connectivity index (χ0n) is 13.3. The van der Waals surface area contributed by atoms with Crippen LogP contribution in [-0.2, 0) is 13.1 Å². The van der Waals surface area contributed by atoms with Crippen molar-refractivity contribution in [3.63, 3.8) is 0 Å². The third kappa shape index (κ3) is 3.27. The van der Waals surface area contributed by atoms with Crippen LogP contribution < -0.4 is 0 Å². The summed E-state index contributed by atoms with van der Waals surface area (Å²) < 4.78 is 2.32. The largest absolute Gasteiger partial charge is 0.330 e. The Morgan fingerprint density at radius 2 is 1.91 bits per heavy atom. The molecule has 3 heterocycles. The van der Waals surface area contributed by atoms with Gasteiger partial charge in [-0.2, -0.15) is 0 Å². The molecular formula is C19H22N4. The lowest BCUT2D eigenvalue weighted by atomic mass is 9.96. The summed E-state index contributed by atoms with van der Waals surface area (Å²) in [6, 6.07) is 12.6. The number of piperidine rings is 1. The predicted molar refractivity (Wildman–Crippen MR) is 92.0 cm³/mol. The van der Waals surface area contributed by atoms with Crippen molar-refractivity contribution in [2.45, 2.75) is 25.9 Å². The van der Waals surface area contributed by atoms with Crippen LogP contribution in [0.15, 0.2) is 55.1 Å². The van der Waals surface area contributed by atoms with E-state index in [4.69, 9.17) is 0 Å². The predicted octanol–water partition coefficient (Wildman–Crippen LogP) is 3.34. The molecular weight excluding hydrogens is 284 g/mol. The average Bonchev–Trinajstić information content (AvgIpc) is 3.01. The van der Waals surface area contributed by atoms with Gasteiger partial charge in [-0.1, -0.05) is 18.2 Å². The fourth-order valence-electron chi connectivity index (χ4n) is 3.51. The maximum absolute atomic E-state index is 4.50. The number of fused-ring (bicyclic) bond motifs is 1. The summed E-state index contributed by atoms with van der Waals surface area (Å²) >= 11 is 0. The Balaban J connectivity index is 1.35.